The fourth-order valence-corrected chi connectivity index (χ4v) is 2.46. The summed E-state index contributed by atoms with van der Waals surface area (Å²) < 4.78 is 43.3. The lowest BCUT2D eigenvalue weighted by atomic mass is 10.1. The van der Waals surface area contributed by atoms with E-state index in [1.165, 1.54) is 18.2 Å². The summed E-state index contributed by atoms with van der Waals surface area (Å²) in [5.74, 6) is -1.67. The number of hydrogen-bond acceptors (Lipinski definition) is 3. The Bertz CT molecular complexity index is 966. The summed E-state index contributed by atoms with van der Waals surface area (Å²) in [5.41, 5.74) is 2.33. The molecule has 2 aromatic carbocycles. The lowest BCUT2D eigenvalue weighted by Crippen LogP contribution is -2.38. The summed E-state index contributed by atoms with van der Waals surface area (Å²) >= 11 is 6.09. The first-order valence-electron chi connectivity index (χ1n) is 7.19. The van der Waals surface area contributed by atoms with Crippen molar-refractivity contribution in [2.45, 2.75) is 13.1 Å². The summed E-state index contributed by atoms with van der Waals surface area (Å²) in [6.07, 6.45) is -4.95. The van der Waals surface area contributed by atoms with Gasteiger partial charge in [-0.25, -0.2) is 4.98 Å². The third-order valence-electron chi connectivity index (χ3n) is 3.73. The molecule has 3 rings (SSSR count). The van der Waals surface area contributed by atoms with E-state index in [0.29, 0.717) is 26.9 Å². The van der Waals surface area contributed by atoms with Crippen LogP contribution in [0.15, 0.2) is 40.8 Å². The number of halogens is 4. The quantitative estimate of drug-likeness (QED) is 0.640. The highest BCUT2D eigenvalue weighted by molar-refractivity contribution is 6.31. The fraction of sp³-hybridized carbons (Fsp3) is 0.176. The number of nitrogens with zero attached hydrogens (tertiary/aromatic N) is 2. The lowest BCUT2D eigenvalue weighted by molar-refractivity contribution is -0.170. The van der Waals surface area contributed by atoms with Crippen LogP contribution in [0.25, 0.3) is 22.6 Å². The van der Waals surface area contributed by atoms with E-state index >= 15 is 0 Å². The van der Waals surface area contributed by atoms with Gasteiger partial charge in [-0.1, -0.05) is 17.7 Å². The summed E-state index contributed by atoms with van der Waals surface area (Å²) in [5, 5.41) is 0.552. The second-order valence-corrected chi connectivity index (χ2v) is 5.90. The molecule has 0 saturated heterocycles. The topological polar surface area (TPSA) is 46.3 Å². The molecule has 0 aliphatic heterocycles. The van der Waals surface area contributed by atoms with Crippen molar-refractivity contribution in [1.29, 1.82) is 0 Å². The van der Waals surface area contributed by atoms with Crippen molar-refractivity contribution in [3.8, 4) is 11.5 Å². The van der Waals surface area contributed by atoms with Crippen LogP contribution in [-0.2, 0) is 4.79 Å². The predicted molar refractivity (Wildman–Crippen MR) is 88.7 cm³/mol. The van der Waals surface area contributed by atoms with E-state index in [1.807, 2.05) is 13.0 Å². The van der Waals surface area contributed by atoms with E-state index in [4.69, 9.17) is 16.0 Å². The molecule has 0 aliphatic rings. The molecule has 4 nitrogen and oxygen atoms in total. The summed E-state index contributed by atoms with van der Waals surface area (Å²) in [4.78, 5) is 16.2. The number of carbonyl (C=O) groups is 1. The van der Waals surface area contributed by atoms with Crippen LogP contribution in [0, 0.1) is 6.92 Å². The molecule has 0 bridgehead atoms. The molecule has 3 aromatic rings. The fourth-order valence-electron chi connectivity index (χ4n) is 2.28. The Morgan fingerprint density at radius 3 is 2.56 bits per heavy atom. The molecule has 0 N–H and O–H groups in total. The Morgan fingerprint density at radius 1 is 1.20 bits per heavy atom. The second-order valence-electron chi connectivity index (χ2n) is 5.50. The maximum absolute atomic E-state index is 12.6. The first-order valence-corrected chi connectivity index (χ1v) is 7.56. The van der Waals surface area contributed by atoms with Gasteiger partial charge in [0.2, 0.25) is 5.89 Å². The van der Waals surface area contributed by atoms with Crippen molar-refractivity contribution in [2.24, 2.45) is 0 Å². The third-order valence-corrected chi connectivity index (χ3v) is 4.13. The molecule has 0 aliphatic carbocycles. The molecule has 130 valence electrons. The Balaban J connectivity index is 1.99. The number of rotatable bonds is 2. The van der Waals surface area contributed by atoms with Gasteiger partial charge in [0.15, 0.2) is 5.58 Å². The zero-order valence-corrected chi connectivity index (χ0v) is 13.9. The molecule has 0 radical (unpaired) electrons. The molecule has 1 aromatic heterocycles. The van der Waals surface area contributed by atoms with E-state index in [1.54, 1.807) is 12.1 Å². The van der Waals surface area contributed by atoms with Crippen molar-refractivity contribution in [3.05, 3.63) is 47.0 Å². The van der Waals surface area contributed by atoms with Gasteiger partial charge in [-0.15, -0.1) is 0 Å². The molecular weight excluding hydrogens is 357 g/mol. The van der Waals surface area contributed by atoms with Crippen LogP contribution in [0.2, 0.25) is 5.02 Å². The van der Waals surface area contributed by atoms with E-state index in [9.17, 15) is 18.0 Å². The van der Waals surface area contributed by atoms with E-state index in [2.05, 4.69) is 4.98 Å². The molecule has 0 unspecified atom stereocenters. The smallest absolute Gasteiger partial charge is 0.436 e. The van der Waals surface area contributed by atoms with E-state index in [-0.39, 0.29) is 11.3 Å². The average Bonchev–Trinajstić information content (AvgIpc) is 2.98. The molecular formula is C17H12ClF3N2O2. The summed E-state index contributed by atoms with van der Waals surface area (Å²) in [6.45, 7) is 1.86. The maximum atomic E-state index is 12.6. The number of amides is 1. The average molecular weight is 369 g/mol. The van der Waals surface area contributed by atoms with Gasteiger partial charge in [-0.2, -0.15) is 13.2 Å². The van der Waals surface area contributed by atoms with Crippen LogP contribution < -0.4 is 4.90 Å². The number of anilines is 1. The van der Waals surface area contributed by atoms with Crippen LogP contribution in [0.3, 0.4) is 0 Å². The predicted octanol–water partition coefficient (Wildman–Crippen LogP) is 4.98. The van der Waals surface area contributed by atoms with Crippen molar-refractivity contribution in [2.75, 3.05) is 11.9 Å². The molecule has 1 amide bonds. The molecule has 0 fully saturated rings. The van der Waals surface area contributed by atoms with Crippen LogP contribution in [-0.4, -0.2) is 24.1 Å². The highest BCUT2D eigenvalue weighted by atomic mass is 35.5. The molecule has 0 atom stereocenters. The normalized spacial score (nSPS) is 11.8. The molecule has 0 saturated carbocycles. The zero-order chi connectivity index (χ0) is 18.4. The third kappa shape index (κ3) is 3.32. The van der Waals surface area contributed by atoms with Gasteiger partial charge in [0.05, 0.1) is 0 Å². The Morgan fingerprint density at radius 2 is 1.92 bits per heavy atom. The highest BCUT2D eigenvalue weighted by Gasteiger charge is 2.41. The number of aryl methyl sites for hydroxylation is 1. The van der Waals surface area contributed by atoms with Gasteiger partial charge in [-0.3, -0.25) is 4.79 Å². The Hall–Kier alpha value is -2.54. The first kappa shape index (κ1) is 17.3. The zero-order valence-electron chi connectivity index (χ0n) is 13.2. The number of hydrogen-bond donors (Lipinski definition) is 0. The minimum Gasteiger partial charge on any atom is -0.436 e. The van der Waals surface area contributed by atoms with Gasteiger partial charge in [0.25, 0.3) is 0 Å². The monoisotopic (exact) mass is 368 g/mol. The van der Waals surface area contributed by atoms with Gasteiger partial charge in [0.1, 0.15) is 5.52 Å². The van der Waals surface area contributed by atoms with Gasteiger partial charge in [-0.05, 0) is 36.8 Å². The highest BCUT2D eigenvalue weighted by Crippen LogP contribution is 2.30. The largest absolute Gasteiger partial charge is 0.471 e. The summed E-state index contributed by atoms with van der Waals surface area (Å²) in [7, 11) is 1.05. The number of aromatic nitrogens is 1. The number of carbonyl (C=O) groups excluding carboxylic acids is 1. The van der Waals surface area contributed by atoms with Gasteiger partial charge < -0.3 is 9.32 Å². The minimum atomic E-state index is -4.95. The molecule has 8 heteroatoms. The van der Waals surface area contributed by atoms with Crippen LogP contribution in [0.1, 0.15) is 5.56 Å². The van der Waals surface area contributed by atoms with Crippen LogP contribution in [0.4, 0.5) is 18.9 Å². The SMILES string of the molecule is Cc1ccc(-c2nc3ccc(N(C)C(=O)C(F)(F)F)cc3o2)cc1Cl. The Kier molecular flexibility index (Phi) is 4.20. The van der Waals surface area contributed by atoms with Crippen LogP contribution in [0.5, 0.6) is 0 Å². The Labute approximate surface area is 145 Å². The molecule has 25 heavy (non-hydrogen) atoms. The second kappa shape index (κ2) is 6.07. The minimum absolute atomic E-state index is 0.0551. The number of alkyl halides is 3. The number of fused-ring (bicyclic) bond motifs is 1. The van der Waals surface area contributed by atoms with Crippen molar-refractivity contribution >= 4 is 34.3 Å². The van der Waals surface area contributed by atoms with Crippen molar-refractivity contribution in [1.82, 2.24) is 4.98 Å². The first-order chi connectivity index (χ1) is 11.7. The van der Waals surface area contributed by atoms with Gasteiger partial charge in [0, 0.05) is 29.4 Å². The number of benzene rings is 2. The lowest BCUT2D eigenvalue weighted by Gasteiger charge is -2.18. The van der Waals surface area contributed by atoms with Crippen molar-refractivity contribution in [3.63, 3.8) is 0 Å². The molecule has 1 heterocycles. The van der Waals surface area contributed by atoms with Gasteiger partial charge >= 0.3 is 12.1 Å². The standard InChI is InChI=1S/C17H12ClF3N2O2/c1-9-3-4-10(7-12(9)18)15-22-13-6-5-11(8-14(13)25-15)23(2)16(24)17(19,20)21/h3-8H,1-2H3. The number of oxazole rings is 1. The van der Waals surface area contributed by atoms with Crippen molar-refractivity contribution < 1.29 is 22.4 Å². The van der Waals surface area contributed by atoms with Crippen LogP contribution >= 0.6 is 11.6 Å². The van der Waals surface area contributed by atoms with E-state index < -0.39 is 12.1 Å². The van der Waals surface area contributed by atoms with E-state index in [0.717, 1.165) is 12.6 Å². The maximum Gasteiger partial charge on any atom is 0.471 e. The summed E-state index contributed by atoms with van der Waals surface area (Å²) in [6, 6.07) is 9.50. The molecule has 0 spiro atoms.